The average Bonchev–Trinajstić information content (AvgIpc) is 0.830. The van der Waals surface area contributed by atoms with Crippen molar-refractivity contribution in [3.8, 4) is 40.2 Å². The molecular weight excluding hydrogens is 1340 g/mol. The van der Waals surface area contributed by atoms with Gasteiger partial charge in [-0.15, -0.1) is 0 Å². The van der Waals surface area contributed by atoms with Gasteiger partial charge in [0.15, 0.2) is 17.9 Å². The van der Waals surface area contributed by atoms with Crippen molar-refractivity contribution in [2.75, 3.05) is 0 Å². The molecule has 107 heavy (non-hydrogen) atoms. The maximum absolute atomic E-state index is 11.4. The second kappa shape index (κ2) is 42.4. The molecule has 0 aliphatic carbocycles. The summed E-state index contributed by atoms with van der Waals surface area (Å²) < 4.78 is 28.8. The van der Waals surface area contributed by atoms with E-state index in [2.05, 4.69) is 85.7 Å². The van der Waals surface area contributed by atoms with Crippen LogP contribution in [-0.2, 0) is 38.6 Å². The third kappa shape index (κ3) is 28.1. The number of carbonyl (C=O) groups excluding carboxylic acids is 3. The van der Waals surface area contributed by atoms with Crippen LogP contribution in [0.1, 0.15) is 206 Å². The number of hydrogen-bond acceptors (Lipinski definition) is 12. The number of phenolic OH excluding ortho intramolecular Hbond substituents is 2. The highest BCUT2D eigenvalue weighted by Crippen LogP contribution is 2.32. The first-order valence-corrected chi connectivity index (χ1v) is 35.9. The van der Waals surface area contributed by atoms with Gasteiger partial charge in [0, 0.05) is 11.6 Å². The molecule has 0 spiro atoms. The number of aromatic carboxylic acids is 1. The van der Waals surface area contributed by atoms with E-state index in [-0.39, 0.29) is 40.1 Å². The van der Waals surface area contributed by atoms with Gasteiger partial charge in [-0.2, -0.15) is 0 Å². The number of hydrogen-bond donors (Lipinski definition) is 4. The Balaban J connectivity index is 0.000000203. The van der Waals surface area contributed by atoms with Crippen LogP contribution >= 0.6 is 0 Å². The maximum Gasteiger partial charge on any atom is 0.339 e. The summed E-state index contributed by atoms with van der Waals surface area (Å²) in [7, 11) is 0. The first-order chi connectivity index (χ1) is 51.0. The van der Waals surface area contributed by atoms with Gasteiger partial charge in [0.1, 0.15) is 78.8 Å². The lowest BCUT2D eigenvalue weighted by molar-refractivity contribution is 0.0690. The van der Waals surface area contributed by atoms with Crippen LogP contribution in [0, 0.1) is 34.6 Å². The molecule has 0 heterocycles. The predicted octanol–water partition coefficient (Wildman–Crippen LogP) is 22.5. The highest BCUT2D eigenvalue weighted by molar-refractivity contribution is 5.97. The normalized spacial score (nSPS) is 10.6. The Labute approximate surface area is 633 Å². The van der Waals surface area contributed by atoms with E-state index in [1.165, 1.54) is 41.3 Å². The minimum atomic E-state index is -0.958. The largest absolute Gasteiger partial charge is 0.508 e. The lowest BCUT2D eigenvalue weighted by atomic mass is 9.94. The van der Waals surface area contributed by atoms with E-state index in [0.717, 1.165) is 90.8 Å². The van der Waals surface area contributed by atoms with Gasteiger partial charge in [-0.1, -0.05) is 205 Å². The fourth-order valence-electron chi connectivity index (χ4n) is 11.6. The molecule has 0 saturated heterocycles. The number of carbonyl (C=O) groups is 4. The molecule has 11 rings (SSSR count). The first kappa shape index (κ1) is 84.4. The molecule has 13 nitrogen and oxygen atoms in total. The van der Waals surface area contributed by atoms with Crippen LogP contribution in [0.5, 0.6) is 40.2 Å². The fourth-order valence-corrected chi connectivity index (χ4v) is 11.6. The molecule has 11 aromatic carbocycles. The van der Waals surface area contributed by atoms with Gasteiger partial charge in [0.2, 0.25) is 0 Å². The zero-order valence-corrected chi connectivity index (χ0v) is 64.5. The van der Waals surface area contributed by atoms with Gasteiger partial charge in [-0.3, -0.25) is 14.4 Å². The molecule has 11 aromatic rings. The topological polar surface area (TPSA) is 195 Å². The standard InChI is InChI=1S/C18H20O3.C18H20O2.C17H20O2.C17H20O.C16H16O2.C8H8O3/c1-12(2)15-10-16(18(19)20)17(9-13(15)3)21-11-14-7-5-4-6-8-14;1-13(2)17-10-16(11-19)18(9-14(17)3)20-12-15-7-5-4-6-8-15;1-13-11-15(9-10-16(13)17(2,3)18)19-12-14-7-5-4-6-8-14;1-13(2)17-10-9-16(11-14(17)3)18-12-15-7-5-4-6-8-15;1-12-10-15(8-9-16(12)13(2)17)18-11-14-6-4-3-5-7-14;1-5(9)7-3-2-6(10)4-8(7)11/h4-10,12H,11H2,1-3H3,(H,19,20);4-11,13H,12H2,1-3H3;4-11,18H,12H2,1-3H3;4-11,13H,12H2,1-3H3;3-10H,11H2,1-2H3;2-4,10-11H,1H3. The number of ketones is 2. The highest BCUT2D eigenvalue weighted by atomic mass is 16.5. The van der Waals surface area contributed by atoms with E-state index in [1.807, 2.05) is 215 Å². The molecule has 0 atom stereocenters. The molecule has 0 aliphatic rings. The zero-order chi connectivity index (χ0) is 78.2. The summed E-state index contributed by atoms with van der Waals surface area (Å²) in [4.78, 5) is 44.7. The Hall–Kier alpha value is -11.5. The summed E-state index contributed by atoms with van der Waals surface area (Å²) in [6.45, 7) is 32.0. The van der Waals surface area contributed by atoms with Crippen LogP contribution in [-0.4, -0.2) is 44.2 Å². The summed E-state index contributed by atoms with van der Waals surface area (Å²) in [5, 5.41) is 37.3. The Morgan fingerprint density at radius 3 is 1.07 bits per heavy atom. The van der Waals surface area contributed by atoms with Crippen molar-refractivity contribution in [3.05, 3.63) is 349 Å². The van der Waals surface area contributed by atoms with Gasteiger partial charge in [-0.25, -0.2) is 4.79 Å². The number of Topliss-reactive ketones (excluding diaryl/α,β-unsaturated/α-hetero) is 2. The van der Waals surface area contributed by atoms with Gasteiger partial charge >= 0.3 is 5.97 Å². The molecule has 0 amide bonds. The van der Waals surface area contributed by atoms with E-state index in [9.17, 15) is 29.4 Å². The summed E-state index contributed by atoms with van der Waals surface area (Å²) in [6, 6.07) is 79.0. The number of ether oxygens (including phenoxy) is 5. The summed E-state index contributed by atoms with van der Waals surface area (Å²) in [5.74, 6) is 3.57. The molecule has 0 fully saturated rings. The van der Waals surface area contributed by atoms with E-state index in [4.69, 9.17) is 33.9 Å². The monoisotopic (exact) mass is 1440 g/mol. The Morgan fingerprint density at radius 2 is 0.720 bits per heavy atom. The van der Waals surface area contributed by atoms with E-state index >= 15 is 0 Å². The third-order valence-corrected chi connectivity index (χ3v) is 17.2. The van der Waals surface area contributed by atoms with E-state index in [1.54, 1.807) is 26.8 Å². The Morgan fingerprint density at radius 1 is 0.374 bits per heavy atom. The van der Waals surface area contributed by atoms with Crippen molar-refractivity contribution < 1.29 is 63.3 Å². The molecule has 4 N–H and O–H groups in total. The zero-order valence-electron chi connectivity index (χ0n) is 64.5. The number of aldehydes is 1. The molecule has 0 bridgehead atoms. The van der Waals surface area contributed by atoms with Gasteiger partial charge in [0.05, 0.1) is 16.7 Å². The van der Waals surface area contributed by atoms with Crippen LogP contribution < -0.4 is 23.7 Å². The van der Waals surface area contributed by atoms with Gasteiger partial charge in [-0.05, 0) is 237 Å². The smallest absolute Gasteiger partial charge is 0.339 e. The van der Waals surface area contributed by atoms with Crippen LogP contribution in [0.25, 0.3) is 0 Å². The summed E-state index contributed by atoms with van der Waals surface area (Å²) in [6.07, 6.45) is 0.867. The van der Waals surface area contributed by atoms with Crippen molar-refractivity contribution >= 4 is 23.8 Å². The molecule has 13 heteroatoms. The molecule has 0 unspecified atom stereocenters. The van der Waals surface area contributed by atoms with Crippen molar-refractivity contribution in [3.63, 3.8) is 0 Å². The molecule has 558 valence electrons. The number of phenols is 2. The first-order valence-electron chi connectivity index (χ1n) is 35.9. The van der Waals surface area contributed by atoms with Crippen molar-refractivity contribution in [1.82, 2.24) is 0 Å². The number of rotatable bonds is 23. The highest BCUT2D eigenvalue weighted by Gasteiger charge is 2.20. The second-order valence-electron chi connectivity index (χ2n) is 27.6. The Bertz CT molecular complexity index is 4600. The minimum absolute atomic E-state index is 0.0486. The van der Waals surface area contributed by atoms with Crippen LogP contribution in [0.2, 0.25) is 0 Å². The Kier molecular flexibility index (Phi) is 33.5. The minimum Gasteiger partial charge on any atom is -0.508 e. The molecule has 0 radical (unpaired) electrons. The van der Waals surface area contributed by atoms with Crippen LogP contribution in [0.15, 0.2) is 249 Å². The summed E-state index contributed by atoms with van der Waals surface area (Å²) in [5.41, 5.74) is 16.6. The number of aryl methyl sites for hydroxylation is 5. The van der Waals surface area contributed by atoms with Crippen molar-refractivity contribution in [2.24, 2.45) is 0 Å². The van der Waals surface area contributed by atoms with Crippen molar-refractivity contribution in [2.45, 2.75) is 160 Å². The van der Waals surface area contributed by atoms with Gasteiger partial charge < -0.3 is 44.1 Å². The number of carboxylic acids is 1. The molecule has 0 aromatic heterocycles. The van der Waals surface area contributed by atoms with Crippen molar-refractivity contribution in [1.29, 1.82) is 0 Å². The summed E-state index contributed by atoms with van der Waals surface area (Å²) >= 11 is 0. The van der Waals surface area contributed by atoms with Gasteiger partial charge in [0.25, 0.3) is 0 Å². The maximum atomic E-state index is 11.4. The van der Waals surface area contributed by atoms with E-state index < -0.39 is 11.6 Å². The SMILES string of the molecule is CC(=O)c1ccc(O)cc1O.CC(=O)c1ccc(OCc2ccccc2)cc1C.Cc1cc(OCc2ccccc2)c(C(=O)O)cc1C(C)C.Cc1cc(OCc2ccccc2)c(C=O)cc1C(C)C.Cc1cc(OCc2ccccc2)ccc1C(C)(C)O.Cc1cc(OCc2ccccc2)ccc1C(C)C. The predicted molar refractivity (Wildman–Crippen MR) is 429 cm³/mol. The number of aliphatic hydroxyl groups is 1. The second-order valence-corrected chi connectivity index (χ2v) is 27.6. The number of benzene rings is 11. The quantitative estimate of drug-likeness (QED) is 0.0349. The van der Waals surface area contributed by atoms with E-state index in [0.29, 0.717) is 61.9 Å². The number of aromatic hydroxyl groups is 2. The fraction of sp³-hybridized carbons (Fsp3) is 0.255. The third-order valence-electron chi connectivity index (χ3n) is 17.2. The molecule has 0 aliphatic heterocycles. The molecule has 0 saturated carbocycles. The van der Waals surface area contributed by atoms with Crippen LogP contribution in [0.4, 0.5) is 0 Å². The molecular formula is C94H104O13. The number of carboxylic acid groups (broad SMARTS) is 1. The van der Waals surface area contributed by atoms with Crippen LogP contribution in [0.3, 0.4) is 0 Å². The lowest BCUT2D eigenvalue weighted by Gasteiger charge is -2.21. The average molecular weight is 1440 g/mol. The lowest BCUT2D eigenvalue weighted by Crippen LogP contribution is -2.17.